The molecule has 2 aliphatic rings. The molecule has 1 aliphatic heterocycles. The van der Waals surface area contributed by atoms with E-state index >= 15 is 0 Å². The number of nitrogens with zero attached hydrogens (tertiary/aromatic N) is 2. The summed E-state index contributed by atoms with van der Waals surface area (Å²) in [5.74, 6) is 0.896. The third-order valence-electron chi connectivity index (χ3n) is 7.22. The van der Waals surface area contributed by atoms with Gasteiger partial charge in [0, 0.05) is 25.0 Å². The van der Waals surface area contributed by atoms with Crippen molar-refractivity contribution in [2.24, 2.45) is 11.1 Å². The quantitative estimate of drug-likeness (QED) is 0.570. The highest BCUT2D eigenvalue weighted by Gasteiger charge is 2.41. The highest BCUT2D eigenvalue weighted by atomic mass is 16.5. The van der Waals surface area contributed by atoms with Crippen molar-refractivity contribution in [3.05, 3.63) is 66.6 Å². The Balaban J connectivity index is 1.32. The van der Waals surface area contributed by atoms with Crippen LogP contribution in [0.2, 0.25) is 0 Å². The monoisotopic (exact) mass is 473 g/mol. The van der Waals surface area contributed by atoms with E-state index in [0.717, 1.165) is 49.2 Å². The molecule has 35 heavy (non-hydrogen) atoms. The van der Waals surface area contributed by atoms with E-state index in [1.54, 1.807) is 0 Å². The molecule has 2 aromatic carbocycles. The van der Waals surface area contributed by atoms with E-state index in [1.807, 2.05) is 54.6 Å². The number of hydrogen-bond donors (Lipinski definition) is 2. The van der Waals surface area contributed by atoms with E-state index in [9.17, 15) is 14.9 Å². The summed E-state index contributed by atoms with van der Waals surface area (Å²) in [4.78, 5) is 27.0. The second-order valence-corrected chi connectivity index (χ2v) is 9.82. The number of nitriles is 1. The number of amides is 2. The van der Waals surface area contributed by atoms with Crippen LogP contribution in [0.1, 0.15) is 50.5 Å². The second kappa shape index (κ2) is 10.9. The Labute approximate surface area is 207 Å². The van der Waals surface area contributed by atoms with Crippen LogP contribution in [0.5, 0.6) is 11.5 Å². The van der Waals surface area contributed by atoms with Gasteiger partial charge >= 0.3 is 0 Å². The van der Waals surface area contributed by atoms with Gasteiger partial charge < -0.3 is 15.8 Å². The van der Waals surface area contributed by atoms with Gasteiger partial charge in [-0.3, -0.25) is 14.5 Å². The predicted molar refractivity (Wildman–Crippen MR) is 133 cm³/mol. The van der Waals surface area contributed by atoms with E-state index in [1.165, 1.54) is 6.42 Å². The van der Waals surface area contributed by atoms with Crippen LogP contribution in [-0.2, 0) is 16.1 Å². The minimum atomic E-state index is -0.946. The first kappa shape index (κ1) is 24.7. The van der Waals surface area contributed by atoms with Gasteiger partial charge in [-0.25, -0.2) is 0 Å². The van der Waals surface area contributed by atoms with Crippen molar-refractivity contribution in [3.63, 3.8) is 0 Å². The summed E-state index contributed by atoms with van der Waals surface area (Å²) in [5.41, 5.74) is 5.18. The third kappa shape index (κ3) is 6.20. The van der Waals surface area contributed by atoms with E-state index in [0.29, 0.717) is 32.5 Å². The molecule has 3 N–H and O–H groups in total. The maximum absolute atomic E-state index is 12.7. The molecule has 0 spiro atoms. The SMILES string of the molecule is N#CC1(NC(=O)[CH]CC2(C(N)=O)CCCCC2)CCN(Cc2cccc(Oc3ccccc3)c2)C1. The molecular weight excluding hydrogens is 440 g/mol. The van der Waals surface area contributed by atoms with Gasteiger partial charge in [-0.2, -0.15) is 5.26 Å². The second-order valence-electron chi connectivity index (χ2n) is 9.82. The number of carbonyl (C=O) groups is 2. The number of carbonyl (C=O) groups excluding carboxylic acids is 2. The van der Waals surface area contributed by atoms with E-state index in [4.69, 9.17) is 10.5 Å². The Morgan fingerprint density at radius 2 is 1.80 bits per heavy atom. The lowest BCUT2D eigenvalue weighted by Gasteiger charge is -2.34. The minimum Gasteiger partial charge on any atom is -0.457 e. The van der Waals surface area contributed by atoms with Crippen molar-refractivity contribution in [3.8, 4) is 17.6 Å². The van der Waals surface area contributed by atoms with Gasteiger partial charge in [0.25, 0.3) is 0 Å². The molecule has 1 atom stereocenters. The Morgan fingerprint density at radius 3 is 2.51 bits per heavy atom. The van der Waals surface area contributed by atoms with Gasteiger partial charge in [-0.05, 0) is 55.5 Å². The molecule has 2 aromatic rings. The van der Waals surface area contributed by atoms with Crippen molar-refractivity contribution >= 4 is 11.8 Å². The van der Waals surface area contributed by atoms with Gasteiger partial charge in [0.1, 0.15) is 17.0 Å². The first-order valence-electron chi connectivity index (χ1n) is 12.3. The largest absolute Gasteiger partial charge is 0.457 e. The molecule has 2 amide bonds. The molecule has 0 bridgehead atoms. The molecule has 1 saturated heterocycles. The first-order chi connectivity index (χ1) is 16.9. The Bertz CT molecular complexity index is 1080. The Hall–Kier alpha value is -3.37. The molecule has 2 fully saturated rings. The number of para-hydroxylation sites is 1. The van der Waals surface area contributed by atoms with Crippen molar-refractivity contribution in [1.29, 1.82) is 5.26 Å². The zero-order valence-corrected chi connectivity index (χ0v) is 20.0. The normalized spacial score (nSPS) is 21.7. The summed E-state index contributed by atoms with van der Waals surface area (Å²) < 4.78 is 5.94. The van der Waals surface area contributed by atoms with E-state index < -0.39 is 11.0 Å². The molecule has 1 aliphatic carbocycles. The van der Waals surface area contributed by atoms with Gasteiger partial charge in [-0.1, -0.05) is 49.6 Å². The van der Waals surface area contributed by atoms with Gasteiger partial charge in [0.15, 0.2) is 0 Å². The van der Waals surface area contributed by atoms with Crippen molar-refractivity contribution < 1.29 is 14.3 Å². The van der Waals surface area contributed by atoms with E-state index in [-0.39, 0.29) is 11.8 Å². The molecule has 7 heteroatoms. The van der Waals surface area contributed by atoms with Crippen LogP contribution in [0.15, 0.2) is 54.6 Å². The van der Waals surface area contributed by atoms with Crippen LogP contribution in [0, 0.1) is 23.2 Å². The van der Waals surface area contributed by atoms with E-state index in [2.05, 4.69) is 16.3 Å². The lowest BCUT2D eigenvalue weighted by molar-refractivity contribution is -0.129. The first-order valence-corrected chi connectivity index (χ1v) is 12.3. The molecule has 7 nitrogen and oxygen atoms in total. The fraction of sp³-hybridized carbons (Fsp3) is 0.429. The number of rotatable bonds is 9. The van der Waals surface area contributed by atoms with Crippen molar-refractivity contribution in [2.45, 2.75) is 57.0 Å². The van der Waals surface area contributed by atoms with Crippen LogP contribution in [0.4, 0.5) is 0 Å². The Kier molecular flexibility index (Phi) is 7.72. The number of nitrogens with one attached hydrogen (secondary N) is 1. The molecule has 1 heterocycles. The summed E-state index contributed by atoms with van der Waals surface area (Å²) in [7, 11) is 0. The molecule has 0 aromatic heterocycles. The van der Waals surface area contributed by atoms with Crippen LogP contribution in [0.25, 0.3) is 0 Å². The Morgan fingerprint density at radius 1 is 1.06 bits per heavy atom. The predicted octanol–water partition coefficient (Wildman–Crippen LogP) is 4.09. The minimum absolute atomic E-state index is 0.308. The average Bonchev–Trinajstić information content (AvgIpc) is 3.26. The lowest BCUT2D eigenvalue weighted by atomic mass is 9.70. The van der Waals surface area contributed by atoms with Crippen LogP contribution in [0.3, 0.4) is 0 Å². The summed E-state index contributed by atoms with van der Waals surface area (Å²) in [6.45, 7) is 1.79. The van der Waals surface area contributed by atoms with Crippen molar-refractivity contribution in [1.82, 2.24) is 10.2 Å². The number of hydrogen-bond acceptors (Lipinski definition) is 5. The maximum atomic E-state index is 12.7. The maximum Gasteiger partial charge on any atom is 0.225 e. The molecule has 1 saturated carbocycles. The average molecular weight is 474 g/mol. The van der Waals surface area contributed by atoms with Crippen molar-refractivity contribution in [2.75, 3.05) is 13.1 Å². The van der Waals surface area contributed by atoms with Crippen LogP contribution in [-0.4, -0.2) is 35.3 Å². The number of ether oxygens (including phenoxy) is 1. The standard InChI is InChI=1S/C28H33N4O3/c29-20-28(31-25(33)12-15-27(26(30)34)13-5-2-6-14-27)16-17-32(21-28)19-22-8-7-11-24(18-22)35-23-9-3-1-4-10-23/h1,3-4,7-12,18H,2,5-6,13-17,19,21H2,(H2,30,34)(H,31,33). The van der Waals surface area contributed by atoms with Crippen LogP contribution >= 0.6 is 0 Å². The summed E-state index contributed by atoms with van der Waals surface area (Å²) in [5, 5.41) is 12.8. The highest BCUT2D eigenvalue weighted by Crippen LogP contribution is 2.40. The van der Waals surface area contributed by atoms with Gasteiger partial charge in [0.05, 0.1) is 12.5 Å². The number of primary amides is 1. The molecule has 4 rings (SSSR count). The van der Waals surface area contributed by atoms with Gasteiger partial charge in [0.2, 0.25) is 11.8 Å². The summed E-state index contributed by atoms with van der Waals surface area (Å²) >= 11 is 0. The highest BCUT2D eigenvalue weighted by molar-refractivity contribution is 5.88. The zero-order chi connectivity index (χ0) is 24.7. The number of likely N-dealkylation sites (tertiary alicyclic amines) is 1. The smallest absolute Gasteiger partial charge is 0.225 e. The molecule has 1 unspecified atom stereocenters. The van der Waals surface area contributed by atoms with Crippen LogP contribution < -0.4 is 15.8 Å². The summed E-state index contributed by atoms with van der Waals surface area (Å²) in [6.07, 6.45) is 6.82. The third-order valence-corrected chi connectivity index (χ3v) is 7.22. The molecule has 183 valence electrons. The molecule has 1 radical (unpaired) electrons. The topological polar surface area (TPSA) is 108 Å². The fourth-order valence-corrected chi connectivity index (χ4v) is 5.19. The number of nitrogens with two attached hydrogens (primary N) is 1. The number of benzene rings is 2. The lowest BCUT2D eigenvalue weighted by Crippen LogP contribution is -2.50. The summed E-state index contributed by atoms with van der Waals surface area (Å²) in [6, 6.07) is 19.9. The fourth-order valence-electron chi connectivity index (χ4n) is 5.19. The molecular formula is C28H33N4O3. The zero-order valence-electron chi connectivity index (χ0n) is 20.0. The van der Waals surface area contributed by atoms with Gasteiger partial charge in [-0.15, -0.1) is 0 Å².